The second-order valence-electron chi connectivity index (χ2n) is 7.38. The molecule has 6 nitrogen and oxygen atoms in total. The molecule has 0 unspecified atom stereocenters. The van der Waals surface area contributed by atoms with E-state index in [4.69, 9.17) is 16.3 Å². The highest BCUT2D eigenvalue weighted by molar-refractivity contribution is 9.10. The van der Waals surface area contributed by atoms with Gasteiger partial charge in [0.25, 0.3) is 11.8 Å². The zero-order valence-electron chi connectivity index (χ0n) is 17.5. The molecule has 4 rings (SSSR count). The van der Waals surface area contributed by atoms with Crippen LogP contribution in [0.25, 0.3) is 6.08 Å². The molecular formula is C25H18BrClN2O4. The van der Waals surface area contributed by atoms with Crippen molar-refractivity contribution < 1.29 is 19.1 Å². The Kier molecular flexibility index (Phi) is 6.62. The van der Waals surface area contributed by atoms with E-state index in [-0.39, 0.29) is 5.57 Å². The van der Waals surface area contributed by atoms with Crippen LogP contribution in [0, 0.1) is 6.92 Å². The fourth-order valence-electron chi connectivity index (χ4n) is 3.28. The van der Waals surface area contributed by atoms with Crippen LogP contribution in [-0.4, -0.2) is 17.8 Å². The van der Waals surface area contributed by atoms with Crippen LogP contribution in [0.1, 0.15) is 16.7 Å². The molecule has 1 N–H and O–H groups in total. The molecule has 1 aliphatic rings. The number of carbonyl (C=O) groups is 3. The summed E-state index contributed by atoms with van der Waals surface area (Å²) in [7, 11) is 0. The highest BCUT2D eigenvalue weighted by Crippen LogP contribution is 2.27. The van der Waals surface area contributed by atoms with E-state index in [9.17, 15) is 14.4 Å². The molecule has 0 bridgehead atoms. The summed E-state index contributed by atoms with van der Waals surface area (Å²) in [6.45, 7) is 2.20. The molecular weight excluding hydrogens is 508 g/mol. The number of aryl methyl sites for hydroxylation is 1. The Morgan fingerprint density at radius 3 is 2.48 bits per heavy atom. The molecule has 3 aromatic rings. The number of nitrogens with one attached hydrogen (secondary N) is 1. The van der Waals surface area contributed by atoms with Gasteiger partial charge in [-0.05, 0) is 72.2 Å². The number of carbonyl (C=O) groups excluding carboxylic acids is 3. The standard InChI is InChI=1S/C25H18BrClN2O4/c1-15-11-19(7-10-22(15)26)29-24(31)21(23(30)28-25(29)32)13-16-5-8-20(9-6-16)33-14-17-3-2-4-18(27)12-17/h2-13H,14H2,1H3,(H,28,30,32)/b21-13-. The zero-order valence-corrected chi connectivity index (χ0v) is 19.8. The molecule has 3 aromatic carbocycles. The van der Waals surface area contributed by atoms with Crippen molar-refractivity contribution in [1.29, 1.82) is 0 Å². The first-order valence-electron chi connectivity index (χ1n) is 9.97. The minimum Gasteiger partial charge on any atom is -0.489 e. The summed E-state index contributed by atoms with van der Waals surface area (Å²) in [5.41, 5.74) is 2.64. The first-order valence-corrected chi connectivity index (χ1v) is 11.1. The lowest BCUT2D eigenvalue weighted by Gasteiger charge is -2.26. The van der Waals surface area contributed by atoms with E-state index < -0.39 is 17.8 Å². The molecule has 166 valence electrons. The molecule has 1 heterocycles. The van der Waals surface area contributed by atoms with Gasteiger partial charge in [0.15, 0.2) is 0 Å². The summed E-state index contributed by atoms with van der Waals surface area (Å²) in [6.07, 6.45) is 1.45. The predicted molar refractivity (Wildman–Crippen MR) is 130 cm³/mol. The molecule has 0 radical (unpaired) electrons. The fourth-order valence-corrected chi connectivity index (χ4v) is 3.74. The van der Waals surface area contributed by atoms with Crippen LogP contribution < -0.4 is 15.0 Å². The Morgan fingerprint density at radius 2 is 1.79 bits per heavy atom. The van der Waals surface area contributed by atoms with E-state index in [1.807, 2.05) is 25.1 Å². The quantitative estimate of drug-likeness (QED) is 0.345. The SMILES string of the molecule is Cc1cc(N2C(=O)NC(=O)/C(=C/c3ccc(OCc4cccc(Cl)c4)cc3)C2=O)ccc1Br. The third-order valence-electron chi connectivity index (χ3n) is 4.99. The minimum absolute atomic E-state index is 0.136. The summed E-state index contributed by atoms with van der Waals surface area (Å²) in [4.78, 5) is 38.7. The van der Waals surface area contributed by atoms with Crippen molar-refractivity contribution in [2.24, 2.45) is 0 Å². The molecule has 1 saturated heterocycles. The van der Waals surface area contributed by atoms with Gasteiger partial charge in [-0.1, -0.05) is 51.8 Å². The van der Waals surface area contributed by atoms with Crippen LogP contribution in [0.4, 0.5) is 10.5 Å². The molecule has 0 spiro atoms. The molecule has 8 heteroatoms. The lowest BCUT2D eigenvalue weighted by atomic mass is 10.1. The number of barbiturate groups is 1. The zero-order chi connectivity index (χ0) is 23.5. The second-order valence-corrected chi connectivity index (χ2v) is 8.67. The number of hydrogen-bond acceptors (Lipinski definition) is 4. The van der Waals surface area contributed by atoms with Gasteiger partial charge in [-0.15, -0.1) is 0 Å². The molecule has 0 saturated carbocycles. The number of benzene rings is 3. The Morgan fingerprint density at radius 1 is 1.03 bits per heavy atom. The molecule has 0 aromatic heterocycles. The maximum Gasteiger partial charge on any atom is 0.335 e. The topological polar surface area (TPSA) is 75.7 Å². The Bertz CT molecular complexity index is 1290. The average Bonchev–Trinajstić information content (AvgIpc) is 2.78. The van der Waals surface area contributed by atoms with E-state index >= 15 is 0 Å². The molecule has 1 aliphatic heterocycles. The van der Waals surface area contributed by atoms with Crippen molar-refractivity contribution in [3.05, 3.63) is 98.5 Å². The van der Waals surface area contributed by atoms with Crippen LogP contribution in [0.15, 0.2) is 76.8 Å². The van der Waals surface area contributed by atoms with E-state index in [0.717, 1.165) is 20.5 Å². The van der Waals surface area contributed by atoms with Crippen molar-refractivity contribution in [3.8, 4) is 5.75 Å². The van der Waals surface area contributed by atoms with Gasteiger partial charge in [0.1, 0.15) is 17.9 Å². The second kappa shape index (κ2) is 9.60. The number of urea groups is 1. The van der Waals surface area contributed by atoms with Crippen molar-refractivity contribution >= 4 is 57.1 Å². The van der Waals surface area contributed by atoms with Crippen LogP contribution in [0.3, 0.4) is 0 Å². The van der Waals surface area contributed by atoms with E-state index in [0.29, 0.717) is 28.6 Å². The monoisotopic (exact) mass is 524 g/mol. The largest absolute Gasteiger partial charge is 0.489 e. The van der Waals surface area contributed by atoms with Crippen molar-refractivity contribution in [2.45, 2.75) is 13.5 Å². The van der Waals surface area contributed by atoms with Gasteiger partial charge in [0, 0.05) is 9.50 Å². The first-order chi connectivity index (χ1) is 15.8. The lowest BCUT2D eigenvalue weighted by molar-refractivity contribution is -0.122. The molecule has 1 fully saturated rings. The van der Waals surface area contributed by atoms with Gasteiger partial charge in [-0.25, -0.2) is 9.69 Å². The van der Waals surface area contributed by atoms with Gasteiger partial charge in [0.2, 0.25) is 0 Å². The summed E-state index contributed by atoms with van der Waals surface area (Å²) >= 11 is 9.38. The highest BCUT2D eigenvalue weighted by atomic mass is 79.9. The summed E-state index contributed by atoms with van der Waals surface area (Å²) in [5.74, 6) is -0.804. The summed E-state index contributed by atoms with van der Waals surface area (Å²) in [6, 6.07) is 18.6. The maximum absolute atomic E-state index is 13.0. The Balaban J connectivity index is 1.53. The Hall–Kier alpha value is -3.42. The highest BCUT2D eigenvalue weighted by Gasteiger charge is 2.36. The fraction of sp³-hybridized carbons (Fsp3) is 0.0800. The number of halogens is 2. The van der Waals surface area contributed by atoms with Gasteiger partial charge in [-0.3, -0.25) is 14.9 Å². The number of hydrogen-bond donors (Lipinski definition) is 1. The smallest absolute Gasteiger partial charge is 0.335 e. The summed E-state index contributed by atoms with van der Waals surface area (Å²) in [5, 5.41) is 2.87. The van der Waals surface area contributed by atoms with Gasteiger partial charge in [-0.2, -0.15) is 0 Å². The number of nitrogens with zero attached hydrogens (tertiary/aromatic N) is 1. The molecule has 33 heavy (non-hydrogen) atoms. The average molecular weight is 526 g/mol. The number of ether oxygens (including phenoxy) is 1. The van der Waals surface area contributed by atoms with Crippen LogP contribution in [-0.2, 0) is 16.2 Å². The van der Waals surface area contributed by atoms with Gasteiger partial charge in [0.05, 0.1) is 5.69 Å². The van der Waals surface area contributed by atoms with E-state index in [1.165, 1.54) is 6.08 Å². The van der Waals surface area contributed by atoms with Gasteiger partial charge >= 0.3 is 6.03 Å². The van der Waals surface area contributed by atoms with E-state index in [1.54, 1.807) is 48.5 Å². The van der Waals surface area contributed by atoms with Crippen molar-refractivity contribution in [3.63, 3.8) is 0 Å². The first kappa shape index (κ1) is 22.8. The number of rotatable bonds is 5. The predicted octanol–water partition coefficient (Wildman–Crippen LogP) is 5.66. The lowest BCUT2D eigenvalue weighted by Crippen LogP contribution is -2.54. The summed E-state index contributed by atoms with van der Waals surface area (Å²) < 4.78 is 6.61. The van der Waals surface area contributed by atoms with Gasteiger partial charge < -0.3 is 4.74 Å². The number of amides is 4. The van der Waals surface area contributed by atoms with Crippen molar-refractivity contribution in [1.82, 2.24) is 5.32 Å². The molecule has 4 amide bonds. The third kappa shape index (κ3) is 5.16. The molecule has 0 atom stereocenters. The molecule has 0 aliphatic carbocycles. The maximum atomic E-state index is 13.0. The third-order valence-corrected chi connectivity index (χ3v) is 6.11. The Labute approximate surface area is 203 Å². The number of anilines is 1. The van der Waals surface area contributed by atoms with Crippen molar-refractivity contribution in [2.75, 3.05) is 4.90 Å². The van der Waals surface area contributed by atoms with Crippen LogP contribution in [0.5, 0.6) is 5.75 Å². The minimum atomic E-state index is -0.784. The van der Waals surface area contributed by atoms with Crippen LogP contribution >= 0.6 is 27.5 Å². The van der Waals surface area contributed by atoms with Crippen LogP contribution in [0.2, 0.25) is 5.02 Å². The van der Waals surface area contributed by atoms with E-state index in [2.05, 4.69) is 21.2 Å². The normalized spacial score (nSPS) is 15.1. The number of imide groups is 2.